The summed E-state index contributed by atoms with van der Waals surface area (Å²) in [7, 11) is 0. The predicted molar refractivity (Wildman–Crippen MR) is 97.0 cm³/mol. The van der Waals surface area contributed by atoms with Crippen molar-refractivity contribution in [1.82, 2.24) is 4.98 Å². The molecule has 1 N–H and O–H groups in total. The molecule has 0 aliphatic carbocycles. The van der Waals surface area contributed by atoms with Gasteiger partial charge in [0, 0.05) is 23.8 Å². The Morgan fingerprint density at radius 2 is 1.88 bits per heavy atom. The Balaban J connectivity index is 0.00000169. The van der Waals surface area contributed by atoms with Crippen molar-refractivity contribution in [3.63, 3.8) is 0 Å². The van der Waals surface area contributed by atoms with Crippen LogP contribution in [0.15, 0.2) is 67.0 Å². The van der Waals surface area contributed by atoms with Gasteiger partial charge in [-0.2, -0.15) is 4.57 Å². The topological polar surface area (TPSA) is 19.7 Å². The Labute approximate surface area is 158 Å². The summed E-state index contributed by atoms with van der Waals surface area (Å²) in [6, 6.07) is 19.4. The molecule has 120 valence electrons. The molecule has 0 spiro atoms. The van der Waals surface area contributed by atoms with Crippen LogP contribution in [0, 0.1) is 0 Å². The zero-order valence-electron chi connectivity index (χ0n) is 13.5. The maximum atomic E-state index is 3.23. The van der Waals surface area contributed by atoms with Crippen molar-refractivity contribution >= 4 is 34.0 Å². The molecule has 2 aromatic heterocycles. The Bertz CT molecular complexity index is 1010. The van der Waals surface area contributed by atoms with Gasteiger partial charge in [-0.05, 0) is 47.7 Å². The van der Waals surface area contributed by atoms with Crippen LogP contribution in [0.3, 0.4) is 0 Å². The number of H-pyrrole nitrogens is 1. The summed E-state index contributed by atoms with van der Waals surface area (Å²) in [5.41, 5.74) is 4.92. The lowest BCUT2D eigenvalue weighted by Crippen LogP contribution is -3.00. The molecule has 0 saturated carbocycles. The van der Waals surface area contributed by atoms with Gasteiger partial charge in [0.15, 0.2) is 6.20 Å². The average molecular weight is 426 g/mol. The Morgan fingerprint density at radius 3 is 2.75 bits per heavy atom. The van der Waals surface area contributed by atoms with Crippen LogP contribution in [-0.4, -0.2) is 4.98 Å². The zero-order chi connectivity index (χ0) is 15.6. The number of nitrogens with one attached hydrogen (secondary N) is 1. The SMILES string of the molecule is CC[n+]1ccc(/C=C/c2ccc3[nH]ccc3c2)c2ccccc21.[I-]. The number of hydrogen-bond donors (Lipinski definition) is 1. The summed E-state index contributed by atoms with van der Waals surface area (Å²) < 4.78 is 2.28. The van der Waals surface area contributed by atoms with Gasteiger partial charge in [-0.15, -0.1) is 0 Å². The van der Waals surface area contributed by atoms with Crippen molar-refractivity contribution in [2.45, 2.75) is 13.5 Å². The molecule has 2 aromatic carbocycles. The molecular weight excluding hydrogens is 407 g/mol. The Morgan fingerprint density at radius 1 is 1.00 bits per heavy atom. The molecule has 24 heavy (non-hydrogen) atoms. The number of aromatic nitrogens is 2. The summed E-state index contributed by atoms with van der Waals surface area (Å²) >= 11 is 0. The van der Waals surface area contributed by atoms with Gasteiger partial charge in [0.05, 0.1) is 5.39 Å². The van der Waals surface area contributed by atoms with Crippen LogP contribution >= 0.6 is 0 Å². The Kier molecular flexibility index (Phi) is 5.00. The van der Waals surface area contributed by atoms with E-state index in [0.29, 0.717) is 0 Å². The zero-order valence-corrected chi connectivity index (χ0v) is 15.7. The third-order valence-electron chi connectivity index (χ3n) is 4.33. The highest BCUT2D eigenvalue weighted by Gasteiger charge is 2.08. The maximum absolute atomic E-state index is 3.23. The van der Waals surface area contributed by atoms with Gasteiger partial charge >= 0.3 is 0 Å². The highest BCUT2D eigenvalue weighted by Crippen LogP contribution is 2.20. The van der Waals surface area contributed by atoms with E-state index in [-0.39, 0.29) is 24.0 Å². The quantitative estimate of drug-likeness (QED) is 0.381. The monoisotopic (exact) mass is 426 g/mol. The number of hydrogen-bond acceptors (Lipinski definition) is 0. The number of benzene rings is 2. The molecule has 0 unspecified atom stereocenters. The number of nitrogens with zero attached hydrogens (tertiary/aromatic N) is 1. The molecular formula is C21H19IN2. The lowest BCUT2D eigenvalue weighted by Gasteiger charge is -2.02. The smallest absolute Gasteiger partial charge is 0.213 e. The van der Waals surface area contributed by atoms with Crippen LogP contribution in [0.1, 0.15) is 18.1 Å². The summed E-state index contributed by atoms with van der Waals surface area (Å²) in [5, 5.41) is 2.53. The number of pyridine rings is 1. The molecule has 3 heteroatoms. The van der Waals surface area contributed by atoms with Crippen LogP contribution in [-0.2, 0) is 6.54 Å². The fraction of sp³-hybridized carbons (Fsp3) is 0.0952. The van der Waals surface area contributed by atoms with Crippen molar-refractivity contribution in [3.05, 3.63) is 78.1 Å². The van der Waals surface area contributed by atoms with E-state index in [2.05, 4.69) is 89.4 Å². The molecule has 0 saturated heterocycles. The van der Waals surface area contributed by atoms with Crippen molar-refractivity contribution < 1.29 is 28.5 Å². The highest BCUT2D eigenvalue weighted by atomic mass is 127. The molecule has 2 nitrogen and oxygen atoms in total. The first-order valence-electron chi connectivity index (χ1n) is 8.01. The molecule has 0 aliphatic heterocycles. The van der Waals surface area contributed by atoms with Crippen molar-refractivity contribution in [1.29, 1.82) is 0 Å². The van der Waals surface area contributed by atoms with E-state index in [1.807, 2.05) is 6.20 Å². The van der Waals surface area contributed by atoms with Gasteiger partial charge in [0.25, 0.3) is 0 Å². The van der Waals surface area contributed by atoms with Gasteiger partial charge in [-0.25, -0.2) is 0 Å². The first-order chi connectivity index (χ1) is 11.3. The fourth-order valence-corrected chi connectivity index (χ4v) is 3.09. The summed E-state index contributed by atoms with van der Waals surface area (Å²) in [5.74, 6) is 0. The third-order valence-corrected chi connectivity index (χ3v) is 4.33. The van der Waals surface area contributed by atoms with Gasteiger partial charge in [0.2, 0.25) is 5.52 Å². The second kappa shape index (κ2) is 7.18. The van der Waals surface area contributed by atoms with E-state index in [0.717, 1.165) is 6.54 Å². The molecule has 0 aliphatic rings. The number of para-hydroxylation sites is 1. The first kappa shape index (κ1) is 16.7. The van der Waals surface area contributed by atoms with Gasteiger partial charge in [-0.3, -0.25) is 0 Å². The largest absolute Gasteiger partial charge is 1.00 e. The number of aromatic amines is 1. The summed E-state index contributed by atoms with van der Waals surface area (Å²) in [6.07, 6.45) is 8.53. The molecule has 0 radical (unpaired) electrons. The standard InChI is InChI=1S/C21H18N2.HI/c1-2-23-14-12-17(19-5-3-4-6-21(19)23)9-7-16-8-10-20-18(15-16)11-13-22-20;/h3-15H,2H2,1H3;1H. The summed E-state index contributed by atoms with van der Waals surface area (Å²) in [4.78, 5) is 3.23. The number of rotatable bonds is 3. The molecule has 0 amide bonds. The van der Waals surface area contributed by atoms with E-state index >= 15 is 0 Å². The minimum atomic E-state index is 0. The normalized spacial score (nSPS) is 11.2. The van der Waals surface area contributed by atoms with Crippen LogP contribution in [0.25, 0.3) is 34.0 Å². The fourth-order valence-electron chi connectivity index (χ4n) is 3.09. The molecule has 4 aromatic rings. The summed E-state index contributed by atoms with van der Waals surface area (Å²) in [6.45, 7) is 3.16. The lowest BCUT2D eigenvalue weighted by atomic mass is 10.1. The number of aryl methyl sites for hydroxylation is 1. The third kappa shape index (κ3) is 3.08. The van der Waals surface area contributed by atoms with Crippen molar-refractivity contribution in [2.75, 3.05) is 0 Å². The van der Waals surface area contributed by atoms with Crippen LogP contribution in [0.2, 0.25) is 0 Å². The highest BCUT2D eigenvalue weighted by molar-refractivity contribution is 5.90. The van der Waals surface area contributed by atoms with E-state index in [1.54, 1.807) is 0 Å². The lowest BCUT2D eigenvalue weighted by molar-refractivity contribution is -0.667. The van der Waals surface area contributed by atoms with Crippen LogP contribution < -0.4 is 28.5 Å². The minimum Gasteiger partial charge on any atom is -1.00 e. The van der Waals surface area contributed by atoms with Crippen molar-refractivity contribution in [3.8, 4) is 0 Å². The Hall–Kier alpha value is -2.14. The average Bonchev–Trinajstić information content (AvgIpc) is 3.07. The van der Waals surface area contributed by atoms with E-state index in [4.69, 9.17) is 0 Å². The number of fused-ring (bicyclic) bond motifs is 2. The second-order valence-corrected chi connectivity index (χ2v) is 5.73. The maximum Gasteiger partial charge on any atom is 0.213 e. The van der Waals surface area contributed by atoms with Crippen molar-refractivity contribution in [2.24, 2.45) is 0 Å². The van der Waals surface area contributed by atoms with E-state index < -0.39 is 0 Å². The molecule has 2 heterocycles. The molecule has 0 bridgehead atoms. The second-order valence-electron chi connectivity index (χ2n) is 5.73. The molecule has 0 atom stereocenters. The van der Waals surface area contributed by atoms with Gasteiger partial charge in [0.1, 0.15) is 6.54 Å². The van der Waals surface area contributed by atoms with E-state index in [9.17, 15) is 0 Å². The van der Waals surface area contributed by atoms with Gasteiger partial charge < -0.3 is 29.0 Å². The van der Waals surface area contributed by atoms with Crippen LogP contribution in [0.4, 0.5) is 0 Å². The van der Waals surface area contributed by atoms with E-state index in [1.165, 1.54) is 32.9 Å². The minimum absolute atomic E-state index is 0. The number of halogens is 1. The predicted octanol–water partition coefficient (Wildman–Crippen LogP) is 1.80. The molecule has 4 rings (SSSR count). The molecule has 0 fully saturated rings. The van der Waals surface area contributed by atoms with Crippen LogP contribution in [0.5, 0.6) is 0 Å². The first-order valence-corrected chi connectivity index (χ1v) is 8.01. The van der Waals surface area contributed by atoms with Gasteiger partial charge in [-0.1, -0.05) is 30.4 Å².